The number of benzene rings is 2. The molecule has 2 atom stereocenters. The average Bonchev–Trinajstić information content (AvgIpc) is 2.90. The van der Waals surface area contributed by atoms with Crippen LogP contribution in [0.25, 0.3) is 0 Å². The van der Waals surface area contributed by atoms with Crippen LogP contribution >= 0.6 is 0 Å². The van der Waals surface area contributed by atoms with Crippen molar-refractivity contribution in [2.45, 2.75) is 75.8 Å². The van der Waals surface area contributed by atoms with Gasteiger partial charge in [-0.1, -0.05) is 6.07 Å². The van der Waals surface area contributed by atoms with E-state index in [1.165, 1.54) is 37.9 Å². The molecule has 0 spiro atoms. The van der Waals surface area contributed by atoms with Crippen molar-refractivity contribution in [1.29, 1.82) is 0 Å². The summed E-state index contributed by atoms with van der Waals surface area (Å²) in [5.74, 6) is -1.34. The standard InChI is InChI=1S/C30H35F7N2O3S/c1-18-13-22(31)5-6-24(18)25-17-39(23-8-11-43(41,42)12-9-23)10-7-26(25)38(4)27(40)28(2,3)19-14-20(29(32,33)34)16-21(15-19)30(35,36)37/h5-6,13-16,23,25-26H,7-12,17H2,1-4H3/t25-,26+/m1/s1. The van der Waals surface area contributed by atoms with E-state index in [0.29, 0.717) is 50.0 Å². The highest BCUT2D eigenvalue weighted by atomic mass is 32.2. The van der Waals surface area contributed by atoms with Crippen LogP contribution < -0.4 is 0 Å². The fourth-order valence-corrected chi connectivity index (χ4v) is 7.86. The topological polar surface area (TPSA) is 57.7 Å². The van der Waals surface area contributed by atoms with Crippen LogP contribution in [0, 0.1) is 12.7 Å². The predicted molar refractivity (Wildman–Crippen MR) is 148 cm³/mol. The molecular weight excluding hydrogens is 601 g/mol. The van der Waals surface area contributed by atoms with Crippen molar-refractivity contribution in [3.8, 4) is 0 Å². The van der Waals surface area contributed by atoms with Gasteiger partial charge in [-0.3, -0.25) is 9.69 Å². The summed E-state index contributed by atoms with van der Waals surface area (Å²) < 4.78 is 120. The van der Waals surface area contributed by atoms with E-state index in [1.54, 1.807) is 13.0 Å². The molecule has 2 aromatic carbocycles. The highest BCUT2D eigenvalue weighted by Gasteiger charge is 2.44. The molecule has 0 saturated carbocycles. The first-order chi connectivity index (χ1) is 19.7. The number of likely N-dealkylation sites (tertiary alicyclic amines) is 1. The quantitative estimate of drug-likeness (QED) is 0.360. The molecule has 0 aromatic heterocycles. The molecule has 2 aliphatic rings. The van der Waals surface area contributed by atoms with Crippen LogP contribution in [0.3, 0.4) is 0 Å². The Bertz CT molecular complexity index is 1420. The van der Waals surface area contributed by atoms with Gasteiger partial charge in [-0.2, -0.15) is 26.3 Å². The number of piperidine rings is 1. The van der Waals surface area contributed by atoms with Crippen molar-refractivity contribution < 1.29 is 43.9 Å². The van der Waals surface area contributed by atoms with Gasteiger partial charge in [0, 0.05) is 38.1 Å². The number of likely N-dealkylation sites (N-methyl/N-ethyl adjacent to an activating group) is 1. The first-order valence-corrected chi connectivity index (χ1v) is 15.8. The third-order valence-electron chi connectivity index (χ3n) is 8.94. The number of carbonyl (C=O) groups is 1. The van der Waals surface area contributed by atoms with Gasteiger partial charge in [0.05, 0.1) is 28.0 Å². The SMILES string of the molecule is Cc1cc(F)ccc1[C@H]1CN(C2CCS(=O)(=O)CC2)CC[C@@H]1N(C)C(=O)C(C)(C)c1cc(C(F)(F)F)cc(C(F)(F)F)c1. The lowest BCUT2D eigenvalue weighted by Crippen LogP contribution is -2.56. The maximum atomic E-state index is 14.0. The lowest BCUT2D eigenvalue weighted by atomic mass is 9.78. The zero-order chi connectivity index (χ0) is 32.1. The molecule has 5 nitrogen and oxygen atoms in total. The van der Waals surface area contributed by atoms with Gasteiger partial charge >= 0.3 is 12.4 Å². The van der Waals surface area contributed by atoms with Gasteiger partial charge in [-0.15, -0.1) is 0 Å². The van der Waals surface area contributed by atoms with Crippen molar-refractivity contribution in [3.63, 3.8) is 0 Å². The number of halogens is 7. The average molecular weight is 637 g/mol. The van der Waals surface area contributed by atoms with E-state index >= 15 is 0 Å². The zero-order valence-electron chi connectivity index (χ0n) is 24.3. The van der Waals surface area contributed by atoms with Crippen molar-refractivity contribution in [2.75, 3.05) is 31.6 Å². The van der Waals surface area contributed by atoms with Crippen LogP contribution in [0.1, 0.15) is 66.8 Å². The number of sulfone groups is 1. The van der Waals surface area contributed by atoms with Crippen molar-refractivity contribution >= 4 is 15.7 Å². The summed E-state index contributed by atoms with van der Waals surface area (Å²) in [6.07, 6.45) is -8.78. The fourth-order valence-electron chi connectivity index (χ4n) is 6.39. The van der Waals surface area contributed by atoms with Crippen molar-refractivity contribution in [2.24, 2.45) is 0 Å². The Balaban J connectivity index is 1.68. The molecule has 2 saturated heterocycles. The number of carbonyl (C=O) groups excluding carboxylic acids is 1. The number of amides is 1. The van der Waals surface area contributed by atoms with Gasteiger partial charge in [-0.05, 0) is 87.1 Å². The molecule has 0 radical (unpaired) electrons. The minimum atomic E-state index is -5.06. The van der Waals surface area contributed by atoms with Gasteiger partial charge < -0.3 is 4.90 Å². The molecular formula is C30H35F7N2O3S. The van der Waals surface area contributed by atoms with Crippen LogP contribution in [0.2, 0.25) is 0 Å². The molecule has 0 unspecified atom stereocenters. The Hall–Kier alpha value is -2.67. The molecule has 43 heavy (non-hydrogen) atoms. The van der Waals surface area contributed by atoms with E-state index in [4.69, 9.17) is 0 Å². The summed E-state index contributed by atoms with van der Waals surface area (Å²) in [7, 11) is -1.61. The minimum Gasteiger partial charge on any atom is -0.341 e. The summed E-state index contributed by atoms with van der Waals surface area (Å²) in [6.45, 7) is 5.26. The van der Waals surface area contributed by atoms with E-state index < -0.39 is 62.1 Å². The largest absolute Gasteiger partial charge is 0.416 e. The van der Waals surface area contributed by atoms with Gasteiger partial charge in [0.2, 0.25) is 5.91 Å². The third-order valence-corrected chi connectivity index (χ3v) is 10.7. The number of alkyl halides is 6. The second-order valence-corrected chi connectivity index (χ2v) is 14.5. The van der Waals surface area contributed by atoms with E-state index in [0.717, 1.165) is 5.56 Å². The van der Waals surface area contributed by atoms with Crippen LogP contribution in [-0.4, -0.2) is 67.9 Å². The second kappa shape index (κ2) is 11.7. The zero-order valence-corrected chi connectivity index (χ0v) is 25.1. The second-order valence-electron chi connectivity index (χ2n) is 12.2. The molecule has 2 aliphatic heterocycles. The Kier molecular flexibility index (Phi) is 9.03. The molecule has 13 heteroatoms. The highest BCUT2D eigenvalue weighted by molar-refractivity contribution is 7.91. The van der Waals surface area contributed by atoms with Crippen molar-refractivity contribution in [3.05, 3.63) is 70.0 Å². The maximum absolute atomic E-state index is 14.0. The first-order valence-electron chi connectivity index (χ1n) is 14.0. The van der Waals surface area contributed by atoms with E-state index in [9.17, 15) is 43.9 Å². The molecule has 2 fully saturated rings. The van der Waals surface area contributed by atoms with Gasteiger partial charge in [0.15, 0.2) is 0 Å². The van der Waals surface area contributed by atoms with E-state index in [2.05, 4.69) is 4.90 Å². The molecule has 2 heterocycles. The monoisotopic (exact) mass is 636 g/mol. The molecule has 238 valence electrons. The third kappa shape index (κ3) is 7.19. The maximum Gasteiger partial charge on any atom is 0.416 e. The van der Waals surface area contributed by atoms with Gasteiger partial charge in [0.25, 0.3) is 0 Å². The summed E-state index contributed by atoms with van der Waals surface area (Å²) in [4.78, 5) is 17.5. The number of rotatable bonds is 5. The number of hydrogen-bond donors (Lipinski definition) is 0. The summed E-state index contributed by atoms with van der Waals surface area (Å²) in [5.41, 5.74) is -3.77. The Morgan fingerprint density at radius 3 is 1.93 bits per heavy atom. The van der Waals surface area contributed by atoms with Gasteiger partial charge in [0.1, 0.15) is 15.7 Å². The van der Waals surface area contributed by atoms with Crippen molar-refractivity contribution in [1.82, 2.24) is 9.80 Å². The highest BCUT2D eigenvalue weighted by Crippen LogP contribution is 2.41. The Morgan fingerprint density at radius 1 is 0.884 bits per heavy atom. The fraction of sp³-hybridized carbons (Fsp3) is 0.567. The van der Waals surface area contributed by atoms with E-state index in [1.807, 2.05) is 0 Å². The normalized spacial score (nSPS) is 22.4. The van der Waals surface area contributed by atoms with E-state index in [-0.39, 0.29) is 29.5 Å². The molecule has 0 bridgehead atoms. The van der Waals surface area contributed by atoms with Crippen LogP contribution in [0.4, 0.5) is 30.7 Å². The molecule has 1 amide bonds. The lowest BCUT2D eigenvalue weighted by Gasteiger charge is -2.47. The lowest BCUT2D eigenvalue weighted by molar-refractivity contribution is -0.144. The van der Waals surface area contributed by atoms with Crippen LogP contribution in [-0.2, 0) is 32.4 Å². The molecule has 0 N–H and O–H groups in total. The van der Waals surface area contributed by atoms with Crippen LogP contribution in [0.5, 0.6) is 0 Å². The summed E-state index contributed by atoms with van der Waals surface area (Å²) in [6, 6.07) is 4.99. The Labute approximate surface area is 247 Å². The molecule has 4 rings (SSSR count). The smallest absolute Gasteiger partial charge is 0.341 e. The molecule has 2 aromatic rings. The van der Waals surface area contributed by atoms with Crippen LogP contribution in [0.15, 0.2) is 36.4 Å². The summed E-state index contributed by atoms with van der Waals surface area (Å²) in [5, 5.41) is 0. The molecule has 0 aliphatic carbocycles. The number of hydrogen-bond acceptors (Lipinski definition) is 4. The first kappa shape index (κ1) is 33.2. The van der Waals surface area contributed by atoms with Gasteiger partial charge in [-0.25, -0.2) is 12.8 Å². The Morgan fingerprint density at radius 2 is 1.42 bits per heavy atom. The minimum absolute atomic E-state index is 0.00363. The summed E-state index contributed by atoms with van der Waals surface area (Å²) >= 11 is 0. The number of aryl methyl sites for hydroxylation is 1. The predicted octanol–water partition coefficient (Wildman–Crippen LogP) is 6.34. The number of nitrogens with zero attached hydrogens (tertiary/aromatic N) is 2.